The van der Waals surface area contributed by atoms with Gasteiger partial charge in [0.1, 0.15) is 0 Å². The summed E-state index contributed by atoms with van der Waals surface area (Å²) in [7, 11) is -2.48. The van der Waals surface area contributed by atoms with Crippen LogP contribution in [0.25, 0.3) is 22.3 Å². The van der Waals surface area contributed by atoms with Crippen LogP contribution in [0.1, 0.15) is 89.5 Å². The normalized spacial score (nSPS) is 19.1. The molecule has 0 N–H and O–H groups in total. The summed E-state index contributed by atoms with van der Waals surface area (Å²) >= 11 is 0. The van der Waals surface area contributed by atoms with E-state index < -0.39 is 8.07 Å². The van der Waals surface area contributed by atoms with Gasteiger partial charge in [0.15, 0.2) is 8.07 Å². The van der Waals surface area contributed by atoms with E-state index in [4.69, 9.17) is 0 Å². The van der Waals surface area contributed by atoms with Gasteiger partial charge in [-0.1, -0.05) is 245 Å². The molecule has 2 atom stereocenters. The molecule has 2 saturated carbocycles. The summed E-state index contributed by atoms with van der Waals surface area (Å²) in [6.07, 6.45) is 10.6. The Morgan fingerprint density at radius 2 is 1.01 bits per heavy atom. The minimum absolute atomic E-state index is 0.162. The lowest BCUT2D eigenvalue weighted by molar-refractivity contribution is 0.103. The first-order chi connectivity index (χ1) is 32.6. The van der Waals surface area contributed by atoms with E-state index in [1.807, 2.05) is 0 Å². The summed E-state index contributed by atoms with van der Waals surface area (Å²) in [5, 5.41) is 5.99. The maximum atomic E-state index is 2.54. The van der Waals surface area contributed by atoms with Crippen LogP contribution < -0.4 is 37.1 Å². The van der Waals surface area contributed by atoms with Gasteiger partial charge in [-0.15, -0.1) is 0 Å². The summed E-state index contributed by atoms with van der Waals surface area (Å²) in [6, 6.07) is 68.9. The van der Waals surface area contributed by atoms with Crippen molar-refractivity contribution in [1.82, 2.24) is 0 Å². The van der Waals surface area contributed by atoms with Crippen molar-refractivity contribution in [3.8, 4) is 22.3 Å². The summed E-state index contributed by atoms with van der Waals surface area (Å²) in [5.41, 5.74) is 21.1. The highest BCUT2D eigenvalue weighted by Gasteiger charge is 2.48. The van der Waals surface area contributed by atoms with Crippen LogP contribution in [0.5, 0.6) is 0 Å². The molecule has 8 aromatic rings. The molecular formula is C65H65BSi. The molecule has 1 heterocycles. The number of hydrogen-bond acceptors (Lipinski definition) is 0. The standard InChI is InChI=1S/C65H65BSi/c1-44-36-46(3)63(47(4)37-44)66(64-48(5)38-45(2)39-49(64)6)56-19-15-18-54(41-56)53-28-30-55(31-29-53)65(42-51-16-14-17-52(40-51)43-65)35-34-50-26-32-58(33-27-50)67(57-20-8-7-9-21-57)61-24-12-10-22-59(61)60-23-11-13-25-62(60)67/h7-13,15,18-33,36-39,41,51-52H,14,16-17,34-35,40,42-43H2,1-6H3. The van der Waals surface area contributed by atoms with Gasteiger partial charge in [-0.2, -0.15) is 0 Å². The van der Waals surface area contributed by atoms with E-state index in [9.17, 15) is 0 Å². The fourth-order valence-electron chi connectivity index (χ4n) is 14.2. The SMILES string of the molecule is Cc1cc(C)c(B(c2cccc(-c3ccc(C4(CCc5ccc([Si]6(c7ccccc7)c7ccccc7-c7ccccc76)cc5)CC5CCCC(C5)C4)cc3)c2)c2c(C)cc(C)cc2C)c(C)c1. The zero-order valence-corrected chi connectivity index (χ0v) is 41.6. The van der Waals surface area contributed by atoms with Crippen LogP contribution in [0, 0.1) is 53.4 Å². The number of hydrogen-bond donors (Lipinski definition) is 0. The van der Waals surface area contributed by atoms with Gasteiger partial charge >= 0.3 is 0 Å². The van der Waals surface area contributed by atoms with Gasteiger partial charge in [0.2, 0.25) is 6.71 Å². The highest BCUT2D eigenvalue weighted by molar-refractivity contribution is 7.22. The molecule has 0 saturated heterocycles. The molecule has 1 aliphatic heterocycles. The van der Waals surface area contributed by atoms with Crippen LogP contribution in [0.3, 0.4) is 0 Å². The van der Waals surface area contributed by atoms with Gasteiger partial charge < -0.3 is 0 Å². The van der Waals surface area contributed by atoms with Crippen LogP contribution in [0.4, 0.5) is 0 Å². The van der Waals surface area contributed by atoms with Crippen molar-refractivity contribution in [2.75, 3.05) is 0 Å². The average molecular weight is 885 g/mol. The van der Waals surface area contributed by atoms with E-state index >= 15 is 0 Å². The summed E-state index contributed by atoms with van der Waals surface area (Å²) in [6.45, 7) is 13.9. The molecular weight excluding hydrogens is 820 g/mol. The molecule has 2 fully saturated rings. The summed E-state index contributed by atoms with van der Waals surface area (Å²) in [5.74, 6) is 1.68. The lowest BCUT2D eigenvalue weighted by Crippen LogP contribution is -2.72. The number of fused-ring (bicyclic) bond motifs is 5. The van der Waals surface area contributed by atoms with E-state index in [2.05, 4.69) is 217 Å². The van der Waals surface area contributed by atoms with E-state index in [-0.39, 0.29) is 12.1 Å². The summed E-state index contributed by atoms with van der Waals surface area (Å²) in [4.78, 5) is 0. The molecule has 2 aliphatic carbocycles. The fourth-order valence-corrected chi connectivity index (χ4v) is 19.4. The second-order valence-corrected chi connectivity index (χ2v) is 25.0. The second kappa shape index (κ2) is 17.6. The van der Waals surface area contributed by atoms with Crippen LogP contribution in [-0.4, -0.2) is 14.8 Å². The van der Waals surface area contributed by atoms with E-state index in [1.54, 1.807) is 5.56 Å². The lowest BCUT2D eigenvalue weighted by atomic mass is 9.34. The van der Waals surface area contributed by atoms with Crippen LogP contribution in [0.2, 0.25) is 0 Å². The van der Waals surface area contributed by atoms with Gasteiger partial charge in [0, 0.05) is 0 Å². The van der Waals surface area contributed by atoms with Crippen molar-refractivity contribution in [3.63, 3.8) is 0 Å². The van der Waals surface area contributed by atoms with Gasteiger partial charge in [-0.25, -0.2) is 0 Å². The minimum Gasteiger partial charge on any atom is -0.0680 e. The average Bonchev–Trinajstić information content (AvgIpc) is 3.64. The Bertz CT molecular complexity index is 2940. The van der Waals surface area contributed by atoms with E-state index in [0.29, 0.717) is 0 Å². The van der Waals surface area contributed by atoms with Crippen LogP contribution in [-0.2, 0) is 11.8 Å². The number of rotatable bonds is 10. The Morgan fingerprint density at radius 1 is 0.493 bits per heavy atom. The Morgan fingerprint density at radius 3 is 1.58 bits per heavy atom. The van der Waals surface area contributed by atoms with Crippen molar-refractivity contribution in [2.45, 2.75) is 98.3 Å². The number of aryl methyl sites for hydroxylation is 7. The zero-order chi connectivity index (χ0) is 45.9. The summed E-state index contributed by atoms with van der Waals surface area (Å²) < 4.78 is 0. The van der Waals surface area contributed by atoms with Crippen molar-refractivity contribution < 1.29 is 0 Å². The first-order valence-corrected chi connectivity index (χ1v) is 27.3. The third kappa shape index (κ3) is 7.70. The van der Waals surface area contributed by atoms with E-state index in [1.165, 1.54) is 143 Å². The molecule has 0 aromatic heterocycles. The maximum absolute atomic E-state index is 2.54. The largest absolute Gasteiger partial charge is 0.242 e. The maximum Gasteiger partial charge on any atom is 0.242 e. The Balaban J connectivity index is 0.921. The molecule has 332 valence electrons. The fraction of sp³-hybridized carbons (Fsp3) is 0.262. The highest BCUT2D eigenvalue weighted by Crippen LogP contribution is 2.52. The molecule has 2 heteroatoms. The molecule has 2 bridgehead atoms. The van der Waals surface area contributed by atoms with Gasteiger partial charge in [-0.05, 0) is 145 Å². The van der Waals surface area contributed by atoms with Crippen molar-refractivity contribution in [3.05, 3.63) is 220 Å². The molecule has 0 nitrogen and oxygen atoms in total. The predicted octanol–water partition coefficient (Wildman–Crippen LogP) is 11.5. The molecule has 0 spiro atoms. The molecule has 2 unspecified atom stereocenters. The second-order valence-electron chi connectivity index (χ2n) is 21.3. The smallest absolute Gasteiger partial charge is 0.0680 e. The minimum atomic E-state index is -2.48. The topological polar surface area (TPSA) is 0 Å². The first kappa shape index (κ1) is 43.6. The van der Waals surface area contributed by atoms with Crippen molar-refractivity contribution in [2.24, 2.45) is 11.8 Å². The zero-order valence-electron chi connectivity index (χ0n) is 40.6. The van der Waals surface area contributed by atoms with Gasteiger partial charge in [-0.3, -0.25) is 0 Å². The van der Waals surface area contributed by atoms with Crippen molar-refractivity contribution in [1.29, 1.82) is 0 Å². The predicted molar refractivity (Wildman–Crippen MR) is 292 cm³/mol. The van der Waals surface area contributed by atoms with Crippen LogP contribution in [0.15, 0.2) is 176 Å². The molecule has 3 aliphatic rings. The lowest BCUT2D eigenvalue weighted by Gasteiger charge is -2.48. The van der Waals surface area contributed by atoms with E-state index in [0.717, 1.165) is 18.3 Å². The van der Waals surface area contributed by atoms with Gasteiger partial charge in [0.05, 0.1) is 0 Å². The van der Waals surface area contributed by atoms with Gasteiger partial charge in [0.25, 0.3) is 0 Å². The Hall–Kier alpha value is -5.96. The molecule has 67 heavy (non-hydrogen) atoms. The first-order valence-electron chi connectivity index (χ1n) is 25.3. The van der Waals surface area contributed by atoms with Crippen molar-refractivity contribution >= 4 is 51.9 Å². The molecule has 8 aromatic carbocycles. The quantitative estimate of drug-likeness (QED) is 0.120. The Kier molecular flexibility index (Phi) is 11.5. The third-order valence-electron chi connectivity index (χ3n) is 16.8. The Labute approximate surface area is 402 Å². The highest BCUT2D eigenvalue weighted by atomic mass is 28.3. The number of benzene rings is 8. The van der Waals surface area contributed by atoms with Crippen LogP contribution >= 0.6 is 0 Å². The molecule has 0 radical (unpaired) electrons. The molecule has 0 amide bonds. The monoisotopic (exact) mass is 884 g/mol. The molecule has 11 rings (SSSR count). The third-order valence-corrected chi connectivity index (χ3v) is 21.7.